The van der Waals surface area contributed by atoms with Gasteiger partial charge in [-0.3, -0.25) is 4.90 Å². The summed E-state index contributed by atoms with van der Waals surface area (Å²) in [7, 11) is 1.70. The van der Waals surface area contributed by atoms with Crippen molar-refractivity contribution >= 4 is 16.5 Å². The van der Waals surface area contributed by atoms with E-state index in [0.717, 1.165) is 55.8 Å². The molecule has 0 bridgehead atoms. The topological polar surface area (TPSA) is 35.9 Å². The maximum atomic E-state index is 10.4. The zero-order chi connectivity index (χ0) is 18.6. The highest BCUT2D eigenvalue weighted by Crippen LogP contribution is 2.29. The Balaban J connectivity index is 1.48. The van der Waals surface area contributed by atoms with E-state index < -0.39 is 0 Å². The predicted molar refractivity (Wildman–Crippen MR) is 111 cm³/mol. The lowest BCUT2D eigenvalue weighted by molar-refractivity contribution is 0.282. The highest BCUT2D eigenvalue weighted by Gasteiger charge is 2.17. The minimum Gasteiger partial charge on any atom is -0.508 e. The van der Waals surface area contributed by atoms with Crippen LogP contribution >= 0.6 is 0 Å². The first-order valence-electron chi connectivity index (χ1n) is 9.55. The molecule has 0 amide bonds. The minimum atomic E-state index is 0.393. The molecule has 27 heavy (non-hydrogen) atoms. The van der Waals surface area contributed by atoms with Crippen LogP contribution < -0.4 is 9.64 Å². The molecular weight excluding hydrogens is 336 g/mol. The molecule has 0 radical (unpaired) electrons. The second-order valence-corrected chi connectivity index (χ2v) is 7.10. The average Bonchev–Trinajstić information content (AvgIpc) is 2.96. The van der Waals surface area contributed by atoms with Crippen molar-refractivity contribution in [3.05, 3.63) is 66.2 Å². The summed E-state index contributed by atoms with van der Waals surface area (Å²) >= 11 is 0. The van der Waals surface area contributed by atoms with Crippen molar-refractivity contribution in [3.63, 3.8) is 0 Å². The van der Waals surface area contributed by atoms with Gasteiger partial charge < -0.3 is 14.7 Å². The first-order valence-corrected chi connectivity index (χ1v) is 9.55. The molecule has 4 heteroatoms. The Hall–Kier alpha value is -2.72. The molecule has 0 aliphatic carbocycles. The van der Waals surface area contributed by atoms with E-state index in [9.17, 15) is 5.11 Å². The predicted octanol–water partition coefficient (Wildman–Crippen LogP) is 4.27. The van der Waals surface area contributed by atoms with Crippen LogP contribution in [0, 0.1) is 0 Å². The fraction of sp³-hybridized carbons (Fsp3) is 0.304. The number of anilines is 1. The Kier molecular flexibility index (Phi) is 5.16. The standard InChI is InChI=1S/C23H26N2O2/c1-27-20-10-8-19(9-11-20)25-14-4-13-24(15-16-25)17-22-21-6-3-2-5-18(21)7-12-23(22)26/h2-3,5-12,26H,4,13-17H2,1H3. The van der Waals surface area contributed by atoms with Gasteiger partial charge >= 0.3 is 0 Å². The maximum Gasteiger partial charge on any atom is 0.120 e. The Labute approximate surface area is 160 Å². The van der Waals surface area contributed by atoms with Gasteiger partial charge in [-0.15, -0.1) is 0 Å². The van der Waals surface area contributed by atoms with Crippen LogP contribution in [0.3, 0.4) is 0 Å². The van der Waals surface area contributed by atoms with Crippen molar-refractivity contribution in [1.82, 2.24) is 4.90 Å². The molecule has 1 aliphatic heterocycles. The number of phenolic OH excluding ortho intramolecular Hbond substituents is 1. The number of methoxy groups -OCH3 is 1. The fourth-order valence-electron chi connectivity index (χ4n) is 3.89. The van der Waals surface area contributed by atoms with Gasteiger partial charge in [0.25, 0.3) is 0 Å². The Bertz CT molecular complexity index is 908. The van der Waals surface area contributed by atoms with Crippen molar-refractivity contribution in [2.24, 2.45) is 0 Å². The highest BCUT2D eigenvalue weighted by molar-refractivity contribution is 5.87. The normalized spacial score (nSPS) is 15.7. The lowest BCUT2D eigenvalue weighted by Crippen LogP contribution is -2.30. The van der Waals surface area contributed by atoms with Gasteiger partial charge in [-0.05, 0) is 47.5 Å². The van der Waals surface area contributed by atoms with Crippen molar-refractivity contribution in [2.75, 3.05) is 38.2 Å². The molecule has 3 aromatic carbocycles. The van der Waals surface area contributed by atoms with E-state index in [4.69, 9.17) is 4.74 Å². The van der Waals surface area contributed by atoms with E-state index in [1.54, 1.807) is 7.11 Å². The van der Waals surface area contributed by atoms with Gasteiger partial charge in [-0.2, -0.15) is 0 Å². The molecule has 0 aromatic heterocycles. The number of nitrogens with zero attached hydrogens (tertiary/aromatic N) is 2. The van der Waals surface area contributed by atoms with Crippen LogP contribution in [-0.2, 0) is 6.54 Å². The first kappa shape index (κ1) is 17.7. The van der Waals surface area contributed by atoms with Crippen molar-refractivity contribution in [2.45, 2.75) is 13.0 Å². The van der Waals surface area contributed by atoms with E-state index in [1.807, 2.05) is 36.4 Å². The molecule has 1 heterocycles. The van der Waals surface area contributed by atoms with Gasteiger partial charge in [0.2, 0.25) is 0 Å². The molecule has 3 aromatic rings. The van der Waals surface area contributed by atoms with Gasteiger partial charge in [-0.25, -0.2) is 0 Å². The van der Waals surface area contributed by atoms with Gasteiger partial charge in [0, 0.05) is 44.0 Å². The smallest absolute Gasteiger partial charge is 0.120 e. The molecule has 0 saturated carbocycles. The number of aromatic hydroxyl groups is 1. The van der Waals surface area contributed by atoms with E-state index in [2.05, 4.69) is 34.1 Å². The number of ether oxygens (including phenoxy) is 1. The SMILES string of the molecule is COc1ccc(N2CCCN(Cc3c(O)ccc4ccccc34)CC2)cc1. The average molecular weight is 362 g/mol. The number of hydrogen-bond donors (Lipinski definition) is 1. The van der Waals surface area contributed by atoms with Gasteiger partial charge in [-0.1, -0.05) is 30.3 Å². The summed E-state index contributed by atoms with van der Waals surface area (Å²) in [6.45, 7) is 4.83. The lowest BCUT2D eigenvalue weighted by atomic mass is 10.0. The van der Waals surface area contributed by atoms with Crippen molar-refractivity contribution < 1.29 is 9.84 Å². The molecule has 4 rings (SSSR count). The zero-order valence-electron chi connectivity index (χ0n) is 15.8. The van der Waals surface area contributed by atoms with Crippen molar-refractivity contribution in [3.8, 4) is 11.5 Å². The first-order chi connectivity index (χ1) is 13.2. The Morgan fingerprint density at radius 2 is 1.70 bits per heavy atom. The molecule has 0 spiro atoms. The number of benzene rings is 3. The third-order valence-corrected chi connectivity index (χ3v) is 5.42. The van der Waals surface area contributed by atoms with E-state index >= 15 is 0 Å². The maximum absolute atomic E-state index is 10.4. The third-order valence-electron chi connectivity index (χ3n) is 5.42. The highest BCUT2D eigenvalue weighted by atomic mass is 16.5. The second kappa shape index (κ2) is 7.89. The van der Waals surface area contributed by atoms with E-state index in [1.165, 1.54) is 11.1 Å². The molecule has 0 atom stereocenters. The zero-order valence-corrected chi connectivity index (χ0v) is 15.8. The van der Waals surface area contributed by atoms with Gasteiger partial charge in [0.15, 0.2) is 0 Å². The van der Waals surface area contributed by atoms with Crippen LogP contribution in [0.4, 0.5) is 5.69 Å². The summed E-state index contributed by atoms with van der Waals surface area (Å²) in [6.07, 6.45) is 1.11. The fourth-order valence-corrected chi connectivity index (χ4v) is 3.89. The third kappa shape index (κ3) is 3.86. The van der Waals surface area contributed by atoms with Crippen LogP contribution in [0.15, 0.2) is 60.7 Å². The van der Waals surface area contributed by atoms with Crippen LogP contribution in [-0.4, -0.2) is 43.3 Å². The van der Waals surface area contributed by atoms with Crippen molar-refractivity contribution in [1.29, 1.82) is 0 Å². The largest absolute Gasteiger partial charge is 0.508 e. The van der Waals surface area contributed by atoms with E-state index in [-0.39, 0.29) is 0 Å². The van der Waals surface area contributed by atoms with Crippen LogP contribution in [0.25, 0.3) is 10.8 Å². The number of rotatable bonds is 4. The van der Waals surface area contributed by atoms with Gasteiger partial charge in [0.05, 0.1) is 7.11 Å². The molecule has 1 N–H and O–H groups in total. The summed E-state index contributed by atoms with van der Waals surface area (Å²) in [5, 5.41) is 12.8. The van der Waals surface area contributed by atoms with E-state index in [0.29, 0.717) is 5.75 Å². The Morgan fingerprint density at radius 1 is 0.889 bits per heavy atom. The summed E-state index contributed by atoms with van der Waals surface area (Å²) in [4.78, 5) is 4.88. The van der Waals surface area contributed by atoms with Crippen LogP contribution in [0.1, 0.15) is 12.0 Å². The summed E-state index contributed by atoms with van der Waals surface area (Å²) < 4.78 is 5.26. The quantitative estimate of drug-likeness (QED) is 0.752. The second-order valence-electron chi connectivity index (χ2n) is 7.10. The summed E-state index contributed by atoms with van der Waals surface area (Å²) in [6, 6.07) is 20.4. The summed E-state index contributed by atoms with van der Waals surface area (Å²) in [5.74, 6) is 1.28. The number of hydrogen-bond acceptors (Lipinski definition) is 4. The van der Waals surface area contributed by atoms with Gasteiger partial charge in [0.1, 0.15) is 11.5 Å². The molecule has 1 fully saturated rings. The molecule has 0 unspecified atom stereocenters. The monoisotopic (exact) mass is 362 g/mol. The number of fused-ring (bicyclic) bond motifs is 1. The molecule has 4 nitrogen and oxygen atoms in total. The van der Waals surface area contributed by atoms with Crippen LogP contribution in [0.5, 0.6) is 11.5 Å². The molecule has 140 valence electrons. The Morgan fingerprint density at radius 3 is 2.52 bits per heavy atom. The minimum absolute atomic E-state index is 0.393. The molecular formula is C23H26N2O2. The molecule has 1 aliphatic rings. The number of phenols is 1. The molecule has 1 saturated heterocycles. The van der Waals surface area contributed by atoms with Crippen LogP contribution in [0.2, 0.25) is 0 Å². The summed E-state index contributed by atoms with van der Waals surface area (Å²) in [5.41, 5.74) is 2.27. The lowest BCUT2D eigenvalue weighted by Gasteiger charge is -2.24.